The fourth-order valence-corrected chi connectivity index (χ4v) is 1.88. The Morgan fingerprint density at radius 3 is 2.75 bits per heavy atom. The van der Waals surface area contributed by atoms with E-state index < -0.39 is 0 Å². The number of hydrogen-bond acceptors (Lipinski definition) is 3. The Morgan fingerprint density at radius 1 is 1.35 bits per heavy atom. The minimum absolute atomic E-state index is 0. The number of rotatable bonds is 5. The normalized spacial score (nSPS) is 13.9. The van der Waals surface area contributed by atoms with Crippen LogP contribution in [0.25, 0.3) is 0 Å². The highest BCUT2D eigenvalue weighted by Crippen LogP contribution is 2.11. The van der Waals surface area contributed by atoms with E-state index in [1.807, 2.05) is 31.2 Å². The van der Waals surface area contributed by atoms with Crippen molar-refractivity contribution < 1.29 is 9.53 Å². The van der Waals surface area contributed by atoms with E-state index in [2.05, 4.69) is 16.7 Å². The van der Waals surface area contributed by atoms with E-state index in [0.717, 1.165) is 25.3 Å². The molecule has 2 rings (SSSR count). The zero-order valence-corrected chi connectivity index (χ0v) is 12.5. The predicted octanol–water partition coefficient (Wildman–Crippen LogP) is 1.83. The molecule has 4 nitrogen and oxygen atoms in total. The minimum Gasteiger partial charge on any atom is -0.484 e. The van der Waals surface area contributed by atoms with Gasteiger partial charge in [-0.2, -0.15) is 0 Å². The molecule has 2 N–H and O–H groups in total. The van der Waals surface area contributed by atoms with E-state index in [-0.39, 0.29) is 24.9 Å². The number of hydrogen-bond donors (Lipinski definition) is 2. The van der Waals surface area contributed by atoms with Crippen LogP contribution in [0, 0.1) is 6.92 Å². The van der Waals surface area contributed by atoms with Gasteiger partial charge in [0.2, 0.25) is 0 Å². The van der Waals surface area contributed by atoms with Crippen LogP contribution in [0.3, 0.4) is 0 Å². The van der Waals surface area contributed by atoms with E-state index in [1.54, 1.807) is 0 Å². The van der Waals surface area contributed by atoms with Gasteiger partial charge in [0.05, 0.1) is 0 Å². The molecule has 1 heterocycles. The number of carbonyl (C=O) groups is 1. The fourth-order valence-electron chi connectivity index (χ4n) is 1.88. The van der Waals surface area contributed by atoms with Gasteiger partial charge in [-0.15, -0.1) is 12.4 Å². The van der Waals surface area contributed by atoms with Gasteiger partial charge in [0.25, 0.3) is 5.91 Å². The van der Waals surface area contributed by atoms with E-state index >= 15 is 0 Å². The molecular formula is C15H21ClN2O2. The maximum Gasteiger partial charge on any atom is 0.258 e. The Hall–Kier alpha value is -1.52. The van der Waals surface area contributed by atoms with E-state index in [0.29, 0.717) is 6.54 Å². The molecule has 0 saturated carbocycles. The van der Waals surface area contributed by atoms with Crippen molar-refractivity contribution in [2.75, 3.05) is 26.2 Å². The maximum absolute atomic E-state index is 11.6. The molecule has 0 fully saturated rings. The molecule has 110 valence electrons. The molecule has 0 unspecified atom stereocenters. The van der Waals surface area contributed by atoms with Gasteiger partial charge in [0, 0.05) is 13.1 Å². The van der Waals surface area contributed by atoms with Crippen LogP contribution in [0.15, 0.2) is 35.9 Å². The molecule has 1 aliphatic rings. The number of aryl methyl sites for hydroxylation is 1. The number of amides is 1. The third kappa shape index (κ3) is 5.63. The van der Waals surface area contributed by atoms with Gasteiger partial charge >= 0.3 is 0 Å². The van der Waals surface area contributed by atoms with Crippen molar-refractivity contribution in [1.29, 1.82) is 0 Å². The monoisotopic (exact) mass is 296 g/mol. The average Bonchev–Trinajstić information content (AvgIpc) is 2.45. The summed E-state index contributed by atoms with van der Waals surface area (Å²) in [5.74, 6) is 0.641. The molecule has 5 heteroatoms. The topological polar surface area (TPSA) is 50.4 Å². The van der Waals surface area contributed by atoms with Gasteiger partial charge in [-0.05, 0) is 32.0 Å². The summed E-state index contributed by atoms with van der Waals surface area (Å²) in [5, 5.41) is 6.11. The van der Waals surface area contributed by atoms with Gasteiger partial charge in [0.15, 0.2) is 6.61 Å². The van der Waals surface area contributed by atoms with Gasteiger partial charge in [-0.1, -0.05) is 29.3 Å². The Morgan fingerprint density at radius 2 is 2.10 bits per heavy atom. The van der Waals surface area contributed by atoms with E-state index in [4.69, 9.17) is 4.74 Å². The van der Waals surface area contributed by atoms with Crippen LogP contribution in [-0.2, 0) is 4.79 Å². The standard InChI is InChI=1S/C15H20N2O2.ClH/c1-12-2-4-14(5-3-12)19-11-15(18)17-10-13-6-8-16-9-7-13;/h2-6,16H,7-11H2,1H3,(H,17,18);1H. The lowest BCUT2D eigenvalue weighted by molar-refractivity contribution is -0.122. The quantitative estimate of drug-likeness (QED) is 0.815. The van der Waals surface area contributed by atoms with Crippen LogP contribution in [-0.4, -0.2) is 32.1 Å². The molecule has 1 aromatic carbocycles. The summed E-state index contributed by atoms with van der Waals surface area (Å²) >= 11 is 0. The smallest absolute Gasteiger partial charge is 0.258 e. The Bertz CT molecular complexity index is 457. The van der Waals surface area contributed by atoms with Gasteiger partial charge < -0.3 is 15.4 Å². The zero-order valence-electron chi connectivity index (χ0n) is 11.6. The highest BCUT2D eigenvalue weighted by Gasteiger charge is 2.06. The van der Waals surface area contributed by atoms with Gasteiger partial charge in [-0.25, -0.2) is 0 Å². The second-order valence-corrected chi connectivity index (χ2v) is 4.69. The second-order valence-electron chi connectivity index (χ2n) is 4.69. The zero-order chi connectivity index (χ0) is 13.5. The summed E-state index contributed by atoms with van der Waals surface area (Å²) in [6.07, 6.45) is 3.13. The van der Waals surface area contributed by atoms with Crippen LogP contribution in [0.1, 0.15) is 12.0 Å². The molecule has 1 aliphatic heterocycles. The summed E-state index contributed by atoms with van der Waals surface area (Å²) in [6.45, 7) is 4.59. The van der Waals surface area contributed by atoms with Crippen LogP contribution in [0.4, 0.5) is 0 Å². The molecule has 20 heavy (non-hydrogen) atoms. The van der Waals surface area contributed by atoms with Crippen molar-refractivity contribution in [3.8, 4) is 5.75 Å². The molecule has 0 aliphatic carbocycles. The molecule has 0 aromatic heterocycles. The number of halogens is 1. The molecule has 1 amide bonds. The van der Waals surface area contributed by atoms with Crippen molar-refractivity contribution >= 4 is 18.3 Å². The first-order valence-electron chi connectivity index (χ1n) is 6.59. The number of nitrogens with one attached hydrogen (secondary N) is 2. The summed E-state index contributed by atoms with van der Waals surface area (Å²) in [5.41, 5.74) is 2.46. The molecule has 0 bridgehead atoms. The van der Waals surface area contributed by atoms with Crippen LogP contribution in [0.2, 0.25) is 0 Å². The third-order valence-corrected chi connectivity index (χ3v) is 3.06. The highest BCUT2D eigenvalue weighted by atomic mass is 35.5. The first-order chi connectivity index (χ1) is 9.24. The van der Waals surface area contributed by atoms with E-state index in [1.165, 1.54) is 11.1 Å². The van der Waals surface area contributed by atoms with Crippen molar-refractivity contribution in [2.24, 2.45) is 0 Å². The number of ether oxygens (including phenoxy) is 1. The number of benzene rings is 1. The summed E-state index contributed by atoms with van der Waals surface area (Å²) in [6, 6.07) is 7.68. The second kappa shape index (κ2) is 8.61. The summed E-state index contributed by atoms with van der Waals surface area (Å²) in [7, 11) is 0. The van der Waals surface area contributed by atoms with Gasteiger partial charge in [-0.3, -0.25) is 4.79 Å². The molecule has 0 radical (unpaired) electrons. The summed E-state index contributed by atoms with van der Waals surface area (Å²) < 4.78 is 5.42. The first-order valence-corrected chi connectivity index (χ1v) is 6.59. The van der Waals surface area contributed by atoms with Crippen molar-refractivity contribution in [3.05, 3.63) is 41.5 Å². The highest BCUT2D eigenvalue weighted by molar-refractivity contribution is 5.85. The molecule has 0 atom stereocenters. The minimum atomic E-state index is -0.0833. The van der Waals surface area contributed by atoms with Gasteiger partial charge in [0.1, 0.15) is 5.75 Å². The molecule has 0 saturated heterocycles. The average molecular weight is 297 g/mol. The lowest BCUT2D eigenvalue weighted by Gasteiger charge is -2.14. The van der Waals surface area contributed by atoms with Crippen molar-refractivity contribution in [1.82, 2.24) is 10.6 Å². The molecule has 0 spiro atoms. The van der Waals surface area contributed by atoms with E-state index in [9.17, 15) is 4.79 Å². The Balaban J connectivity index is 0.00000200. The lowest BCUT2D eigenvalue weighted by atomic mass is 10.1. The largest absolute Gasteiger partial charge is 0.484 e. The molecular weight excluding hydrogens is 276 g/mol. The fraction of sp³-hybridized carbons (Fsp3) is 0.400. The van der Waals surface area contributed by atoms with Crippen molar-refractivity contribution in [2.45, 2.75) is 13.3 Å². The lowest BCUT2D eigenvalue weighted by Crippen LogP contribution is -2.32. The predicted molar refractivity (Wildman–Crippen MR) is 82.5 cm³/mol. The Labute approximate surface area is 126 Å². The van der Waals surface area contributed by atoms with Crippen LogP contribution >= 0.6 is 12.4 Å². The third-order valence-electron chi connectivity index (χ3n) is 3.06. The first kappa shape index (κ1) is 16.5. The molecule has 1 aromatic rings. The van der Waals surface area contributed by atoms with Crippen molar-refractivity contribution in [3.63, 3.8) is 0 Å². The SMILES string of the molecule is Cc1ccc(OCC(=O)NCC2=CCNCC2)cc1.Cl. The number of carbonyl (C=O) groups excluding carboxylic acids is 1. The van der Waals surface area contributed by atoms with Crippen LogP contribution in [0.5, 0.6) is 5.75 Å². The Kier molecular flexibility index (Phi) is 7.12. The summed E-state index contributed by atoms with van der Waals surface area (Å²) in [4.78, 5) is 11.6. The van der Waals surface area contributed by atoms with Crippen LogP contribution < -0.4 is 15.4 Å². The maximum atomic E-state index is 11.6.